The molecule has 3 fully saturated rings. The van der Waals surface area contributed by atoms with Gasteiger partial charge in [-0.3, -0.25) is 19.6 Å². The summed E-state index contributed by atoms with van der Waals surface area (Å²) in [6.07, 6.45) is 6.82. The van der Waals surface area contributed by atoms with Gasteiger partial charge in [0.15, 0.2) is 5.82 Å². The number of amides is 1. The zero-order valence-corrected chi connectivity index (χ0v) is 24.4. The molecule has 0 bridgehead atoms. The second-order valence-corrected chi connectivity index (χ2v) is 11.6. The van der Waals surface area contributed by atoms with E-state index in [0.29, 0.717) is 24.5 Å². The van der Waals surface area contributed by atoms with E-state index in [1.165, 1.54) is 6.07 Å². The van der Waals surface area contributed by atoms with Crippen molar-refractivity contribution in [1.29, 1.82) is 0 Å². The quantitative estimate of drug-likeness (QED) is 0.331. The summed E-state index contributed by atoms with van der Waals surface area (Å²) in [6, 6.07) is 5.85. The van der Waals surface area contributed by atoms with E-state index < -0.39 is 24.0 Å². The van der Waals surface area contributed by atoms with Crippen molar-refractivity contribution in [2.45, 2.75) is 81.6 Å². The van der Waals surface area contributed by atoms with E-state index in [-0.39, 0.29) is 23.9 Å². The van der Waals surface area contributed by atoms with E-state index in [1.807, 2.05) is 4.90 Å². The number of ether oxygens (including phenoxy) is 1. The predicted molar refractivity (Wildman–Crippen MR) is 154 cm³/mol. The molecular weight excluding hydrogens is 563 g/mol. The average molecular weight is 602 g/mol. The number of nitrogens with one attached hydrogen (secondary N) is 1. The van der Waals surface area contributed by atoms with Gasteiger partial charge in [0.05, 0.1) is 18.4 Å². The molecule has 0 spiro atoms. The van der Waals surface area contributed by atoms with Crippen LogP contribution < -0.4 is 5.32 Å². The van der Waals surface area contributed by atoms with Crippen molar-refractivity contribution >= 4 is 17.7 Å². The Kier molecular flexibility index (Phi) is 9.42. The first kappa shape index (κ1) is 31.0. The fourth-order valence-electron chi connectivity index (χ4n) is 6.58. The minimum atomic E-state index is -4.64. The van der Waals surface area contributed by atoms with Gasteiger partial charge in [0.1, 0.15) is 23.2 Å². The summed E-state index contributed by atoms with van der Waals surface area (Å²) in [6.45, 7) is 3.66. The highest BCUT2D eigenvalue weighted by Gasteiger charge is 2.47. The fourth-order valence-corrected chi connectivity index (χ4v) is 6.58. The van der Waals surface area contributed by atoms with Gasteiger partial charge in [-0.15, -0.1) is 0 Å². The third kappa shape index (κ3) is 7.22. The molecule has 13 heteroatoms. The average Bonchev–Trinajstić information content (AvgIpc) is 3.61. The number of aliphatic imine (C=N–C) groups is 1. The maximum atomic E-state index is 13.0. The number of aliphatic hydroxyl groups is 1. The Morgan fingerprint density at radius 3 is 2.58 bits per heavy atom. The normalized spacial score (nSPS) is 27.8. The number of aromatic nitrogens is 3. The lowest BCUT2D eigenvalue weighted by atomic mass is 9.82. The van der Waals surface area contributed by atoms with E-state index in [4.69, 9.17) is 4.74 Å². The summed E-state index contributed by atoms with van der Waals surface area (Å²) in [5.74, 6) is -0.185. The number of rotatable bonds is 9. The van der Waals surface area contributed by atoms with Crippen LogP contribution >= 0.6 is 0 Å². The van der Waals surface area contributed by atoms with Gasteiger partial charge in [0.2, 0.25) is 0 Å². The molecule has 10 nitrogen and oxygen atoms in total. The van der Waals surface area contributed by atoms with Crippen LogP contribution in [0.15, 0.2) is 47.9 Å². The maximum absolute atomic E-state index is 13.0. The molecule has 2 saturated heterocycles. The molecule has 2 N–H and O–H groups in total. The highest BCUT2D eigenvalue weighted by atomic mass is 19.4. The minimum absolute atomic E-state index is 0.0919. The zero-order valence-electron chi connectivity index (χ0n) is 24.4. The van der Waals surface area contributed by atoms with Gasteiger partial charge in [-0.05, 0) is 63.6 Å². The monoisotopic (exact) mass is 601 g/mol. The lowest BCUT2D eigenvalue weighted by Gasteiger charge is -2.42. The van der Waals surface area contributed by atoms with Crippen molar-refractivity contribution in [3.8, 4) is 0 Å². The lowest BCUT2D eigenvalue weighted by Crippen LogP contribution is -2.49. The highest BCUT2D eigenvalue weighted by Crippen LogP contribution is 2.40. The molecular formula is C30H38F3N7O3. The molecule has 3 aliphatic rings. The standard InChI is InChI=1S/C30H38F3N7O3/c1-29(43-19-20(17-34-2)27-35-13-4-14-36-27)11-7-21(8-12-29)39-15-9-24-23(39)10-16-40(24)26(41)18-37-28(42)22-5-3-6-25(38-22)30(31,32)33/h3-6,13-14,17,19,21,23-24,26,41H,7-12,15-16,18H2,1-2H3,(H,37,42)/b20-19+,34-17-. The van der Waals surface area contributed by atoms with Crippen molar-refractivity contribution in [3.63, 3.8) is 0 Å². The van der Waals surface area contributed by atoms with Crippen molar-refractivity contribution in [1.82, 2.24) is 30.1 Å². The van der Waals surface area contributed by atoms with E-state index >= 15 is 0 Å². The van der Waals surface area contributed by atoms with Crippen molar-refractivity contribution < 1.29 is 27.8 Å². The molecule has 1 amide bonds. The summed E-state index contributed by atoms with van der Waals surface area (Å²) in [5, 5.41) is 13.5. The Bertz CT molecular complexity index is 1320. The van der Waals surface area contributed by atoms with Crippen LogP contribution in [-0.4, -0.2) is 98.6 Å². The summed E-state index contributed by atoms with van der Waals surface area (Å²) in [5.41, 5.74) is -1.04. The first-order valence-corrected chi connectivity index (χ1v) is 14.7. The number of alkyl halides is 3. The third-order valence-corrected chi connectivity index (χ3v) is 8.81. The van der Waals surface area contributed by atoms with Crippen LogP contribution in [-0.2, 0) is 10.9 Å². The number of pyridine rings is 1. The third-order valence-electron chi connectivity index (χ3n) is 8.81. The molecule has 0 aromatic carbocycles. The topological polar surface area (TPSA) is 116 Å². The molecule has 3 atom stereocenters. The molecule has 0 radical (unpaired) electrons. The Morgan fingerprint density at radius 1 is 1.16 bits per heavy atom. The molecule has 3 unspecified atom stereocenters. The second-order valence-electron chi connectivity index (χ2n) is 11.6. The van der Waals surface area contributed by atoms with Gasteiger partial charge in [-0.2, -0.15) is 13.2 Å². The minimum Gasteiger partial charge on any atom is -0.494 e. The fraction of sp³-hybridized carbons (Fsp3) is 0.567. The van der Waals surface area contributed by atoms with Crippen molar-refractivity contribution in [3.05, 3.63) is 60.1 Å². The summed E-state index contributed by atoms with van der Waals surface area (Å²) >= 11 is 0. The van der Waals surface area contributed by atoms with Gasteiger partial charge in [-0.25, -0.2) is 15.0 Å². The van der Waals surface area contributed by atoms with Gasteiger partial charge in [0, 0.05) is 56.9 Å². The van der Waals surface area contributed by atoms with Gasteiger partial charge < -0.3 is 15.2 Å². The Labute approximate surface area is 249 Å². The molecule has 2 aliphatic heterocycles. The Morgan fingerprint density at radius 2 is 1.88 bits per heavy atom. The number of aliphatic hydroxyl groups excluding tert-OH is 1. The van der Waals surface area contributed by atoms with Crippen LogP contribution in [0.3, 0.4) is 0 Å². The molecule has 4 heterocycles. The number of nitrogens with zero attached hydrogens (tertiary/aromatic N) is 6. The summed E-state index contributed by atoms with van der Waals surface area (Å²) in [7, 11) is 1.70. The highest BCUT2D eigenvalue weighted by molar-refractivity contribution is 6.07. The molecule has 2 aromatic heterocycles. The number of hydrogen-bond donors (Lipinski definition) is 2. The number of fused-ring (bicyclic) bond motifs is 1. The number of hydrogen-bond acceptors (Lipinski definition) is 9. The van der Waals surface area contributed by atoms with Crippen LogP contribution in [0, 0.1) is 0 Å². The molecule has 2 aromatic rings. The number of likely N-dealkylation sites (tertiary alicyclic amines) is 2. The van der Waals surface area contributed by atoms with E-state index in [2.05, 4.69) is 37.1 Å². The van der Waals surface area contributed by atoms with Crippen LogP contribution in [0.4, 0.5) is 13.2 Å². The second kappa shape index (κ2) is 13.1. The number of carbonyl (C=O) groups excluding carboxylic acids is 1. The van der Waals surface area contributed by atoms with Crippen molar-refractivity contribution in [2.24, 2.45) is 4.99 Å². The molecule has 1 saturated carbocycles. The first-order chi connectivity index (χ1) is 20.6. The Hall–Kier alpha value is -3.42. The Balaban J connectivity index is 1.12. The molecule has 43 heavy (non-hydrogen) atoms. The van der Waals surface area contributed by atoms with Crippen LogP contribution in [0.2, 0.25) is 0 Å². The van der Waals surface area contributed by atoms with E-state index in [9.17, 15) is 23.1 Å². The van der Waals surface area contributed by atoms with Gasteiger partial charge >= 0.3 is 6.18 Å². The first-order valence-electron chi connectivity index (χ1n) is 14.7. The van der Waals surface area contributed by atoms with E-state index in [0.717, 1.165) is 62.8 Å². The zero-order chi connectivity index (χ0) is 30.6. The molecule has 1 aliphatic carbocycles. The maximum Gasteiger partial charge on any atom is 0.433 e. The van der Waals surface area contributed by atoms with Gasteiger partial charge in [0.25, 0.3) is 5.91 Å². The summed E-state index contributed by atoms with van der Waals surface area (Å²) in [4.78, 5) is 33.2. The smallest absolute Gasteiger partial charge is 0.433 e. The molecule has 5 rings (SSSR count). The predicted octanol–water partition coefficient (Wildman–Crippen LogP) is 3.55. The largest absolute Gasteiger partial charge is 0.494 e. The van der Waals surface area contributed by atoms with E-state index in [1.54, 1.807) is 38.0 Å². The number of allylic oxidation sites excluding steroid dienone is 1. The number of carbonyl (C=O) groups is 1. The van der Waals surface area contributed by atoms with Crippen LogP contribution in [0.5, 0.6) is 0 Å². The molecule has 232 valence electrons. The van der Waals surface area contributed by atoms with Crippen LogP contribution in [0.25, 0.3) is 5.57 Å². The number of halogens is 3. The van der Waals surface area contributed by atoms with Gasteiger partial charge in [-0.1, -0.05) is 6.07 Å². The lowest BCUT2D eigenvalue weighted by molar-refractivity contribution is -0.141. The van der Waals surface area contributed by atoms with Crippen molar-refractivity contribution in [2.75, 3.05) is 26.7 Å². The summed E-state index contributed by atoms with van der Waals surface area (Å²) < 4.78 is 45.2. The van der Waals surface area contributed by atoms with Crippen LogP contribution in [0.1, 0.15) is 67.5 Å². The SMILES string of the molecule is C/N=C\C(=C/OC1(C)CCC(N2CCC3C2CCN3C(O)CNC(=O)c2cccc(C(F)(F)F)n2)CC1)c1ncccn1.